The first kappa shape index (κ1) is 31.9. The van der Waals surface area contributed by atoms with Gasteiger partial charge in [-0.05, 0) is 79.5 Å². The Morgan fingerprint density at radius 3 is 1.84 bits per heavy atom. The van der Waals surface area contributed by atoms with Crippen molar-refractivity contribution in [3.05, 3.63) is 131 Å². The van der Waals surface area contributed by atoms with Crippen LogP contribution in [0.15, 0.2) is 115 Å². The lowest BCUT2D eigenvalue weighted by molar-refractivity contribution is -0.303. The molecule has 2 aliphatic carbocycles. The number of fused-ring (bicyclic) bond motifs is 1. The van der Waals surface area contributed by atoms with Crippen LogP contribution in [0.5, 0.6) is 0 Å². The Bertz CT molecular complexity index is 1330. The number of aliphatic hydroxyl groups is 1. The molecule has 0 aromatic heterocycles. The second-order valence-corrected chi connectivity index (χ2v) is 14.0. The molecule has 3 aromatic carbocycles. The molecule has 1 N–H and O–H groups in total. The Labute approximate surface area is 270 Å². The monoisotopic (exact) mass is 606 g/mol. The van der Waals surface area contributed by atoms with Gasteiger partial charge in [-0.3, -0.25) is 0 Å². The summed E-state index contributed by atoms with van der Waals surface area (Å²) in [6, 6.07) is 31.7. The summed E-state index contributed by atoms with van der Waals surface area (Å²) in [5.41, 5.74) is 3.91. The van der Waals surface area contributed by atoms with E-state index in [1.807, 2.05) is 13.8 Å². The predicted molar refractivity (Wildman–Crippen MR) is 181 cm³/mol. The second-order valence-electron chi connectivity index (χ2n) is 14.0. The summed E-state index contributed by atoms with van der Waals surface area (Å²) >= 11 is 0. The maximum Gasteiger partial charge on any atom is 0.163 e. The molecule has 3 aromatic rings. The third-order valence-electron chi connectivity index (χ3n) is 10.2. The van der Waals surface area contributed by atoms with Gasteiger partial charge < -0.3 is 19.3 Å². The van der Waals surface area contributed by atoms with Gasteiger partial charge in [-0.15, -0.1) is 0 Å². The van der Waals surface area contributed by atoms with Crippen molar-refractivity contribution in [1.29, 1.82) is 0 Å². The zero-order valence-corrected chi connectivity index (χ0v) is 27.3. The minimum atomic E-state index is -0.738. The number of allylic oxidation sites excluding steroid dienone is 3. The van der Waals surface area contributed by atoms with Crippen molar-refractivity contribution in [3.63, 3.8) is 0 Å². The van der Waals surface area contributed by atoms with Gasteiger partial charge in [0.25, 0.3) is 0 Å². The fourth-order valence-corrected chi connectivity index (χ4v) is 8.20. The fourth-order valence-electron chi connectivity index (χ4n) is 8.20. The van der Waals surface area contributed by atoms with Gasteiger partial charge in [0, 0.05) is 12.3 Å². The van der Waals surface area contributed by atoms with Gasteiger partial charge in [-0.1, -0.05) is 123 Å². The number of ether oxygens (including phenoxy) is 3. The Hall–Kier alpha value is -3.02. The summed E-state index contributed by atoms with van der Waals surface area (Å²) in [7, 11) is 0. The summed E-state index contributed by atoms with van der Waals surface area (Å²) in [5, 5.41) is 11.1. The number of hydrogen-bond acceptors (Lipinski definition) is 4. The Morgan fingerprint density at radius 1 is 0.756 bits per heavy atom. The maximum absolute atomic E-state index is 11.1. The van der Waals surface area contributed by atoms with Gasteiger partial charge in [-0.25, -0.2) is 0 Å². The molecule has 0 saturated carbocycles. The zero-order valence-electron chi connectivity index (χ0n) is 27.3. The predicted octanol–water partition coefficient (Wildman–Crippen LogP) is 8.84. The average Bonchev–Trinajstić information content (AvgIpc) is 3.03. The van der Waals surface area contributed by atoms with Crippen LogP contribution < -0.4 is 0 Å². The van der Waals surface area contributed by atoms with Crippen LogP contribution in [0.3, 0.4) is 0 Å². The standard InChI is InChI=1S/C41H50O4/c1-29-26-31-21-20-30(2)37(39(31)38(42)27-29)23-22-35-28-36(45-40(3,4)44-35)24-25-43-41(32-14-8-5-9-15-32,33-16-10-6-11-17-33)34-18-12-7-13-19-34/h5-21,26,29-30,35-39,42H,22-25,27-28H2,1-4H3/t29-,30-,35+,36-,37-,38-,39-/m0/s1. The van der Waals surface area contributed by atoms with E-state index in [0.29, 0.717) is 24.4 Å². The van der Waals surface area contributed by atoms with Gasteiger partial charge in [0.2, 0.25) is 0 Å². The topological polar surface area (TPSA) is 47.9 Å². The fraction of sp³-hybridized carbons (Fsp3) is 0.463. The summed E-state index contributed by atoms with van der Waals surface area (Å²) < 4.78 is 20.1. The Balaban J connectivity index is 1.17. The van der Waals surface area contributed by atoms with E-state index in [9.17, 15) is 5.11 Å². The summed E-state index contributed by atoms with van der Waals surface area (Å²) in [4.78, 5) is 0. The van der Waals surface area contributed by atoms with Crippen LogP contribution in [-0.2, 0) is 19.8 Å². The maximum atomic E-state index is 11.1. The molecule has 0 radical (unpaired) electrons. The molecule has 0 bridgehead atoms. The van der Waals surface area contributed by atoms with Crippen LogP contribution in [0, 0.1) is 23.7 Å². The summed E-state index contributed by atoms with van der Waals surface area (Å²) in [6.45, 7) is 9.12. The number of rotatable bonds is 10. The number of aliphatic hydroxyl groups excluding tert-OH is 1. The van der Waals surface area contributed by atoms with E-state index in [2.05, 4.69) is 123 Å². The molecule has 238 valence electrons. The van der Waals surface area contributed by atoms with E-state index in [0.717, 1.165) is 48.8 Å². The Kier molecular flexibility index (Phi) is 9.77. The Morgan fingerprint density at radius 2 is 1.29 bits per heavy atom. The first-order valence-electron chi connectivity index (χ1n) is 17.0. The normalized spacial score (nSPS) is 29.5. The van der Waals surface area contributed by atoms with Gasteiger partial charge in [-0.2, -0.15) is 0 Å². The van der Waals surface area contributed by atoms with E-state index in [4.69, 9.17) is 14.2 Å². The molecule has 3 aliphatic rings. The first-order valence-corrected chi connectivity index (χ1v) is 17.0. The lowest BCUT2D eigenvalue weighted by Gasteiger charge is -2.44. The molecule has 4 nitrogen and oxygen atoms in total. The average molecular weight is 607 g/mol. The zero-order chi connectivity index (χ0) is 31.4. The smallest absolute Gasteiger partial charge is 0.163 e. The van der Waals surface area contributed by atoms with E-state index in [1.165, 1.54) is 5.57 Å². The molecule has 1 saturated heterocycles. The van der Waals surface area contributed by atoms with E-state index < -0.39 is 11.4 Å². The molecule has 1 fully saturated rings. The van der Waals surface area contributed by atoms with Crippen molar-refractivity contribution in [1.82, 2.24) is 0 Å². The molecule has 0 unspecified atom stereocenters. The van der Waals surface area contributed by atoms with Crippen molar-refractivity contribution in [3.8, 4) is 0 Å². The highest BCUT2D eigenvalue weighted by Crippen LogP contribution is 2.45. The highest BCUT2D eigenvalue weighted by atomic mass is 16.7. The van der Waals surface area contributed by atoms with Crippen molar-refractivity contribution < 1.29 is 19.3 Å². The largest absolute Gasteiger partial charge is 0.392 e. The highest BCUT2D eigenvalue weighted by Gasteiger charge is 2.42. The minimum absolute atomic E-state index is 0.0269. The van der Waals surface area contributed by atoms with Gasteiger partial charge in [0.1, 0.15) is 5.60 Å². The van der Waals surface area contributed by atoms with Crippen molar-refractivity contribution in [2.45, 2.75) is 89.5 Å². The van der Waals surface area contributed by atoms with Gasteiger partial charge >= 0.3 is 0 Å². The number of hydrogen-bond donors (Lipinski definition) is 1. The third-order valence-corrected chi connectivity index (χ3v) is 10.2. The molecule has 1 heterocycles. The molecule has 7 atom stereocenters. The molecular weight excluding hydrogens is 556 g/mol. The molecule has 0 amide bonds. The highest BCUT2D eigenvalue weighted by molar-refractivity contribution is 5.47. The van der Waals surface area contributed by atoms with Crippen molar-refractivity contribution in [2.75, 3.05) is 6.61 Å². The van der Waals surface area contributed by atoms with Crippen LogP contribution in [0.25, 0.3) is 0 Å². The molecule has 6 rings (SSSR count). The van der Waals surface area contributed by atoms with E-state index in [-0.39, 0.29) is 24.2 Å². The first-order chi connectivity index (χ1) is 21.7. The van der Waals surface area contributed by atoms with Gasteiger partial charge in [0.15, 0.2) is 5.79 Å². The lowest BCUT2D eigenvalue weighted by Crippen LogP contribution is -2.46. The van der Waals surface area contributed by atoms with Crippen molar-refractivity contribution >= 4 is 0 Å². The molecular formula is C41H50O4. The number of benzene rings is 3. The quantitative estimate of drug-likeness (QED) is 0.234. The molecule has 45 heavy (non-hydrogen) atoms. The second kappa shape index (κ2) is 13.8. The lowest BCUT2D eigenvalue weighted by atomic mass is 9.65. The molecule has 1 aliphatic heterocycles. The summed E-state index contributed by atoms with van der Waals surface area (Å²) in [6.07, 6.45) is 11.3. The van der Waals surface area contributed by atoms with Crippen LogP contribution in [0.2, 0.25) is 0 Å². The minimum Gasteiger partial charge on any atom is -0.392 e. The van der Waals surface area contributed by atoms with Crippen LogP contribution in [0.4, 0.5) is 0 Å². The van der Waals surface area contributed by atoms with Gasteiger partial charge in [0.05, 0.1) is 24.9 Å². The molecule has 4 heteroatoms. The van der Waals surface area contributed by atoms with E-state index in [1.54, 1.807) is 0 Å². The van der Waals surface area contributed by atoms with Crippen LogP contribution >= 0.6 is 0 Å². The van der Waals surface area contributed by atoms with Crippen LogP contribution in [0.1, 0.15) is 76.5 Å². The third kappa shape index (κ3) is 7.05. The SMILES string of the molecule is C[C@H]1C=C2C=C[C@H](C)[C@H](CC[C@@H]3C[C@H](CCOC(c4ccccc4)(c4ccccc4)c4ccccc4)OC(C)(C)O3)[C@H]2[C@@H](O)C1. The van der Waals surface area contributed by atoms with E-state index >= 15 is 0 Å². The van der Waals surface area contributed by atoms with Crippen molar-refractivity contribution in [2.24, 2.45) is 23.7 Å². The molecule has 0 spiro atoms. The van der Waals surface area contributed by atoms with Crippen LogP contribution in [-0.4, -0.2) is 35.8 Å². The summed E-state index contributed by atoms with van der Waals surface area (Å²) in [5.74, 6) is 0.848.